The van der Waals surface area contributed by atoms with E-state index in [0.29, 0.717) is 5.69 Å². The second-order valence-corrected chi connectivity index (χ2v) is 3.68. The average Bonchev–Trinajstić information content (AvgIpc) is 2.30. The number of carbonyl (C=O) groups is 3. The number of barbiturate groups is 1. The van der Waals surface area contributed by atoms with Crippen molar-refractivity contribution in [2.75, 3.05) is 5.43 Å². The summed E-state index contributed by atoms with van der Waals surface area (Å²) in [5, 5.41) is 7.52. The summed E-state index contributed by atoms with van der Waals surface area (Å²) in [7, 11) is 1.93. The van der Waals surface area contributed by atoms with E-state index in [0.717, 1.165) is 5.46 Å². The normalized spacial score (nSPS) is 14.9. The van der Waals surface area contributed by atoms with Crippen molar-refractivity contribution in [2.45, 2.75) is 0 Å². The van der Waals surface area contributed by atoms with Crippen LogP contribution in [0.2, 0.25) is 0 Å². The minimum atomic E-state index is -0.848. The molecule has 1 aromatic rings. The van der Waals surface area contributed by atoms with Crippen LogP contribution in [0.5, 0.6) is 0 Å². The Kier molecular flexibility index (Phi) is 3.09. The van der Waals surface area contributed by atoms with Gasteiger partial charge in [0.15, 0.2) is 0 Å². The molecule has 1 saturated heterocycles. The topological polar surface area (TPSA) is 99.7 Å². The summed E-state index contributed by atoms with van der Waals surface area (Å²) in [6, 6.07) is 6.37. The van der Waals surface area contributed by atoms with Gasteiger partial charge in [-0.15, -0.1) is 0 Å². The highest BCUT2D eigenvalue weighted by atomic mass is 16.2. The molecular weight excluding hydrogens is 235 g/mol. The third-order valence-electron chi connectivity index (χ3n) is 2.23. The summed E-state index contributed by atoms with van der Waals surface area (Å²) in [5.74, 6) is -1.66. The molecule has 1 aliphatic rings. The summed E-state index contributed by atoms with van der Waals surface area (Å²) >= 11 is 0. The number of hydrogen-bond donors (Lipinski definition) is 3. The van der Waals surface area contributed by atoms with E-state index < -0.39 is 23.6 Å². The third-order valence-corrected chi connectivity index (χ3v) is 2.23. The Bertz CT molecular complexity index is 531. The summed E-state index contributed by atoms with van der Waals surface area (Å²) in [5.41, 5.74) is 3.88. The van der Waals surface area contributed by atoms with Gasteiger partial charge in [-0.2, -0.15) is 5.10 Å². The van der Waals surface area contributed by atoms with E-state index in [4.69, 9.17) is 0 Å². The Balaban J connectivity index is 2.13. The minimum absolute atomic E-state index is 0.393. The molecule has 18 heavy (non-hydrogen) atoms. The van der Waals surface area contributed by atoms with Crippen LogP contribution in [0, 0.1) is 0 Å². The molecular formula is C10H9BN4O3. The molecule has 0 atom stereocenters. The first kappa shape index (κ1) is 11.8. The van der Waals surface area contributed by atoms with E-state index in [9.17, 15) is 14.4 Å². The monoisotopic (exact) mass is 244 g/mol. The van der Waals surface area contributed by atoms with Gasteiger partial charge in [-0.25, -0.2) is 4.79 Å². The number of hydrogen-bond acceptors (Lipinski definition) is 5. The first-order valence-corrected chi connectivity index (χ1v) is 5.13. The molecule has 0 radical (unpaired) electrons. The van der Waals surface area contributed by atoms with Gasteiger partial charge in [-0.05, 0) is 12.1 Å². The number of nitrogens with one attached hydrogen (secondary N) is 3. The van der Waals surface area contributed by atoms with Crippen LogP contribution < -0.4 is 21.5 Å². The van der Waals surface area contributed by atoms with Gasteiger partial charge in [0.05, 0.1) is 5.69 Å². The number of carbonyl (C=O) groups excluding carboxylic acids is 3. The van der Waals surface area contributed by atoms with Crippen molar-refractivity contribution in [1.82, 2.24) is 10.6 Å². The van der Waals surface area contributed by atoms with Crippen molar-refractivity contribution in [3.05, 3.63) is 24.3 Å². The Morgan fingerprint density at radius 2 is 1.56 bits per heavy atom. The Labute approximate surface area is 103 Å². The molecule has 0 unspecified atom stereocenters. The molecule has 0 aliphatic carbocycles. The highest BCUT2D eigenvalue weighted by molar-refractivity contribution is 6.68. The highest BCUT2D eigenvalue weighted by Gasteiger charge is 2.29. The number of rotatable bonds is 2. The molecule has 1 aromatic carbocycles. The Morgan fingerprint density at radius 1 is 1.00 bits per heavy atom. The van der Waals surface area contributed by atoms with Gasteiger partial charge in [0, 0.05) is 0 Å². The number of anilines is 1. The fourth-order valence-electron chi connectivity index (χ4n) is 1.31. The lowest BCUT2D eigenvalue weighted by molar-refractivity contribution is -0.119. The first-order chi connectivity index (χ1) is 8.56. The summed E-state index contributed by atoms with van der Waals surface area (Å²) in [4.78, 5) is 33.5. The number of nitrogens with zero attached hydrogens (tertiary/aromatic N) is 1. The lowest BCUT2D eigenvalue weighted by Crippen LogP contribution is -2.56. The van der Waals surface area contributed by atoms with Crippen LogP contribution in [0.1, 0.15) is 0 Å². The largest absolute Gasteiger partial charge is 0.328 e. The smallest absolute Gasteiger partial charge is 0.278 e. The van der Waals surface area contributed by atoms with Crippen molar-refractivity contribution in [1.29, 1.82) is 0 Å². The van der Waals surface area contributed by atoms with Crippen molar-refractivity contribution in [3.63, 3.8) is 0 Å². The molecule has 3 N–H and O–H groups in total. The number of amides is 4. The van der Waals surface area contributed by atoms with Gasteiger partial charge in [0.25, 0.3) is 11.8 Å². The standard InChI is InChI=1S/C10H9BN4O3/c11-5-1-3-6(4-2-5)14-15-7-8(16)12-10(18)13-9(7)17/h1-4,14H,11H2,(H2,12,13,16,17,18). The van der Waals surface area contributed by atoms with Gasteiger partial charge in [0.1, 0.15) is 7.85 Å². The van der Waals surface area contributed by atoms with E-state index in [1.54, 1.807) is 12.1 Å². The highest BCUT2D eigenvalue weighted by Crippen LogP contribution is 2.03. The SMILES string of the molecule is Bc1ccc(NN=C2C(=O)NC(=O)NC2=O)cc1. The van der Waals surface area contributed by atoms with Crippen molar-refractivity contribution in [2.24, 2.45) is 5.10 Å². The maximum atomic E-state index is 11.3. The minimum Gasteiger partial charge on any atom is -0.278 e. The molecule has 1 fully saturated rings. The molecule has 1 aliphatic heterocycles. The number of imide groups is 2. The van der Waals surface area contributed by atoms with Crippen LogP contribution in [0.25, 0.3) is 0 Å². The van der Waals surface area contributed by atoms with Crippen LogP contribution in [-0.2, 0) is 9.59 Å². The molecule has 2 rings (SSSR count). The van der Waals surface area contributed by atoms with Crippen LogP contribution in [0.4, 0.5) is 10.5 Å². The number of benzene rings is 1. The second kappa shape index (κ2) is 4.70. The van der Waals surface area contributed by atoms with Gasteiger partial charge in [-0.1, -0.05) is 17.6 Å². The van der Waals surface area contributed by atoms with Crippen molar-refractivity contribution in [3.8, 4) is 0 Å². The van der Waals surface area contributed by atoms with Gasteiger partial charge < -0.3 is 0 Å². The van der Waals surface area contributed by atoms with Crippen molar-refractivity contribution < 1.29 is 14.4 Å². The fourth-order valence-corrected chi connectivity index (χ4v) is 1.31. The van der Waals surface area contributed by atoms with E-state index >= 15 is 0 Å². The Morgan fingerprint density at radius 3 is 2.11 bits per heavy atom. The predicted molar refractivity (Wildman–Crippen MR) is 67.4 cm³/mol. The summed E-state index contributed by atoms with van der Waals surface area (Å²) < 4.78 is 0. The van der Waals surface area contributed by atoms with E-state index in [2.05, 4.69) is 10.5 Å². The lowest BCUT2D eigenvalue weighted by Gasteiger charge is -2.12. The zero-order valence-corrected chi connectivity index (χ0v) is 9.48. The molecule has 0 aromatic heterocycles. The summed E-state index contributed by atoms with van der Waals surface area (Å²) in [6.45, 7) is 0. The average molecular weight is 244 g/mol. The molecule has 4 amide bonds. The maximum Gasteiger partial charge on any atom is 0.328 e. The molecule has 0 spiro atoms. The van der Waals surface area contributed by atoms with Crippen LogP contribution in [0.15, 0.2) is 29.4 Å². The maximum absolute atomic E-state index is 11.3. The third kappa shape index (κ3) is 2.54. The molecule has 0 saturated carbocycles. The quantitative estimate of drug-likeness (QED) is 0.417. The molecule has 1 heterocycles. The summed E-state index contributed by atoms with van der Waals surface area (Å²) in [6.07, 6.45) is 0. The zero-order chi connectivity index (χ0) is 13.1. The number of hydrazone groups is 1. The predicted octanol–water partition coefficient (Wildman–Crippen LogP) is -1.92. The van der Waals surface area contributed by atoms with Gasteiger partial charge in [-0.3, -0.25) is 25.6 Å². The molecule has 8 heteroatoms. The van der Waals surface area contributed by atoms with Crippen LogP contribution in [0.3, 0.4) is 0 Å². The fraction of sp³-hybridized carbons (Fsp3) is 0. The van der Waals surface area contributed by atoms with Crippen molar-refractivity contribution >= 4 is 42.6 Å². The lowest BCUT2D eigenvalue weighted by atomic mass is 9.96. The van der Waals surface area contributed by atoms with Gasteiger partial charge >= 0.3 is 6.03 Å². The van der Waals surface area contributed by atoms with Crippen LogP contribution >= 0.6 is 0 Å². The van der Waals surface area contributed by atoms with Crippen LogP contribution in [-0.4, -0.2) is 31.4 Å². The second-order valence-electron chi connectivity index (χ2n) is 3.68. The molecule has 90 valence electrons. The van der Waals surface area contributed by atoms with Gasteiger partial charge in [0.2, 0.25) is 5.71 Å². The number of urea groups is 1. The first-order valence-electron chi connectivity index (χ1n) is 5.13. The molecule has 7 nitrogen and oxygen atoms in total. The van der Waals surface area contributed by atoms with E-state index in [1.165, 1.54) is 0 Å². The van der Waals surface area contributed by atoms with E-state index in [1.807, 2.05) is 30.6 Å². The zero-order valence-electron chi connectivity index (χ0n) is 9.48. The van der Waals surface area contributed by atoms with E-state index in [-0.39, 0.29) is 0 Å². The Hall–Kier alpha value is -2.64. The molecule has 0 bridgehead atoms.